The van der Waals surface area contributed by atoms with E-state index in [1.165, 1.54) is 6.20 Å². The van der Waals surface area contributed by atoms with Gasteiger partial charge < -0.3 is 10.8 Å². The van der Waals surface area contributed by atoms with Crippen molar-refractivity contribution >= 4 is 11.5 Å². The number of Topliss-reactive ketones (excluding diaryl/α,β-unsaturated/α-hetero) is 1. The predicted molar refractivity (Wildman–Crippen MR) is 65.6 cm³/mol. The second kappa shape index (κ2) is 4.45. The molecule has 1 heterocycles. The molecule has 1 aliphatic rings. The van der Waals surface area contributed by atoms with E-state index in [-0.39, 0.29) is 5.78 Å². The third-order valence-corrected chi connectivity index (χ3v) is 3.62. The Labute approximate surface area is 101 Å². The number of nitrogens with zero attached hydrogens (tertiary/aromatic N) is 1. The van der Waals surface area contributed by atoms with E-state index in [1.54, 1.807) is 12.3 Å². The summed E-state index contributed by atoms with van der Waals surface area (Å²) in [5.41, 5.74) is 5.22. The van der Waals surface area contributed by atoms with E-state index in [9.17, 15) is 9.90 Å². The van der Waals surface area contributed by atoms with Gasteiger partial charge in [-0.15, -0.1) is 0 Å². The molecule has 0 bridgehead atoms. The normalized spacial score (nSPS) is 28.9. The van der Waals surface area contributed by atoms with Gasteiger partial charge in [0.2, 0.25) is 0 Å². The van der Waals surface area contributed by atoms with Gasteiger partial charge in [0.15, 0.2) is 5.78 Å². The third kappa shape index (κ3) is 2.31. The van der Waals surface area contributed by atoms with Gasteiger partial charge in [0.05, 0.1) is 5.56 Å². The molecule has 1 aromatic heterocycles. The number of carbonyl (C=O) groups is 1. The number of nitrogen functional groups attached to an aromatic ring is 1. The van der Waals surface area contributed by atoms with Gasteiger partial charge in [0.25, 0.3) is 0 Å². The molecule has 0 amide bonds. The SMILES string of the molecule is CC1CCC(O)(C(=O)c2cnccc2N)CC1. The van der Waals surface area contributed by atoms with Gasteiger partial charge in [0, 0.05) is 18.1 Å². The predicted octanol–water partition coefficient (Wildman–Crippen LogP) is 1.79. The van der Waals surface area contributed by atoms with Crippen LogP contribution in [0.5, 0.6) is 0 Å². The minimum absolute atomic E-state index is 0.282. The Balaban J connectivity index is 2.23. The summed E-state index contributed by atoms with van der Waals surface area (Å²) in [5, 5.41) is 10.4. The molecule has 0 atom stereocenters. The van der Waals surface area contributed by atoms with Crippen LogP contribution in [0.3, 0.4) is 0 Å². The van der Waals surface area contributed by atoms with Crippen molar-refractivity contribution in [2.24, 2.45) is 5.92 Å². The van der Waals surface area contributed by atoms with Crippen LogP contribution in [0.2, 0.25) is 0 Å². The molecule has 1 aliphatic carbocycles. The maximum absolute atomic E-state index is 12.3. The van der Waals surface area contributed by atoms with Crippen LogP contribution < -0.4 is 5.73 Å². The number of nitrogens with two attached hydrogens (primary N) is 1. The number of ketones is 1. The highest BCUT2D eigenvalue weighted by atomic mass is 16.3. The lowest BCUT2D eigenvalue weighted by Crippen LogP contribution is -2.42. The molecule has 17 heavy (non-hydrogen) atoms. The van der Waals surface area contributed by atoms with Crippen LogP contribution in [0, 0.1) is 5.92 Å². The third-order valence-electron chi connectivity index (χ3n) is 3.62. The van der Waals surface area contributed by atoms with Crippen LogP contribution in [0.25, 0.3) is 0 Å². The molecule has 1 saturated carbocycles. The van der Waals surface area contributed by atoms with Gasteiger partial charge >= 0.3 is 0 Å². The quantitative estimate of drug-likeness (QED) is 0.765. The molecule has 0 spiro atoms. The molecular weight excluding hydrogens is 216 g/mol. The van der Waals surface area contributed by atoms with E-state index < -0.39 is 5.60 Å². The number of hydrogen-bond acceptors (Lipinski definition) is 4. The molecule has 0 radical (unpaired) electrons. The van der Waals surface area contributed by atoms with Crippen LogP contribution >= 0.6 is 0 Å². The smallest absolute Gasteiger partial charge is 0.197 e. The molecule has 0 aromatic carbocycles. The molecule has 1 fully saturated rings. The lowest BCUT2D eigenvalue weighted by molar-refractivity contribution is 0.00431. The molecule has 4 heteroatoms. The van der Waals surface area contributed by atoms with Crippen molar-refractivity contribution in [3.63, 3.8) is 0 Å². The summed E-state index contributed by atoms with van der Waals surface area (Å²) < 4.78 is 0. The Hall–Kier alpha value is -1.42. The average molecular weight is 234 g/mol. The number of anilines is 1. The minimum atomic E-state index is -1.25. The van der Waals surface area contributed by atoms with Crippen molar-refractivity contribution in [1.82, 2.24) is 4.98 Å². The number of carbonyl (C=O) groups excluding carboxylic acids is 1. The number of hydrogen-bond donors (Lipinski definition) is 2. The number of pyridine rings is 1. The molecule has 4 nitrogen and oxygen atoms in total. The molecule has 2 rings (SSSR count). The molecule has 92 valence electrons. The van der Waals surface area contributed by atoms with Crippen LogP contribution in [0.1, 0.15) is 43.0 Å². The first-order chi connectivity index (χ1) is 8.03. The van der Waals surface area contributed by atoms with Crippen LogP contribution in [0.4, 0.5) is 5.69 Å². The van der Waals surface area contributed by atoms with E-state index in [4.69, 9.17) is 5.73 Å². The van der Waals surface area contributed by atoms with Crippen LogP contribution in [-0.2, 0) is 0 Å². The summed E-state index contributed by atoms with van der Waals surface area (Å²) >= 11 is 0. The minimum Gasteiger partial charge on any atom is -0.398 e. The number of aliphatic hydroxyl groups is 1. The lowest BCUT2D eigenvalue weighted by atomic mass is 9.76. The highest BCUT2D eigenvalue weighted by molar-refractivity contribution is 6.05. The number of aromatic nitrogens is 1. The average Bonchev–Trinajstić information content (AvgIpc) is 2.33. The summed E-state index contributed by atoms with van der Waals surface area (Å²) in [5.74, 6) is 0.296. The second-order valence-corrected chi connectivity index (χ2v) is 5.01. The first kappa shape index (κ1) is 12.0. The van der Waals surface area contributed by atoms with Gasteiger partial charge in [0.1, 0.15) is 5.60 Å². The first-order valence-corrected chi connectivity index (χ1v) is 5.99. The van der Waals surface area contributed by atoms with Gasteiger partial charge in [-0.25, -0.2) is 0 Å². The number of rotatable bonds is 2. The molecular formula is C13H18N2O2. The zero-order valence-electron chi connectivity index (χ0n) is 10.0. The monoisotopic (exact) mass is 234 g/mol. The van der Waals surface area contributed by atoms with Crippen LogP contribution in [0.15, 0.2) is 18.5 Å². The first-order valence-electron chi connectivity index (χ1n) is 5.99. The Morgan fingerprint density at radius 1 is 1.53 bits per heavy atom. The maximum atomic E-state index is 12.3. The molecule has 0 saturated heterocycles. The summed E-state index contributed by atoms with van der Waals surface area (Å²) in [4.78, 5) is 16.2. The Morgan fingerprint density at radius 3 is 2.76 bits per heavy atom. The summed E-state index contributed by atoms with van der Waals surface area (Å²) in [7, 11) is 0. The van der Waals surface area contributed by atoms with Crippen molar-refractivity contribution < 1.29 is 9.90 Å². The van der Waals surface area contributed by atoms with Crippen molar-refractivity contribution in [1.29, 1.82) is 0 Å². The summed E-state index contributed by atoms with van der Waals surface area (Å²) in [6.45, 7) is 2.14. The van der Waals surface area contributed by atoms with Crippen molar-refractivity contribution in [3.8, 4) is 0 Å². The molecule has 0 unspecified atom stereocenters. The van der Waals surface area contributed by atoms with Gasteiger partial charge in [-0.1, -0.05) is 6.92 Å². The Kier molecular flexibility index (Phi) is 3.15. The van der Waals surface area contributed by atoms with E-state index >= 15 is 0 Å². The topological polar surface area (TPSA) is 76.2 Å². The maximum Gasteiger partial charge on any atom is 0.197 e. The van der Waals surface area contributed by atoms with Crippen molar-refractivity contribution in [2.75, 3.05) is 5.73 Å². The molecule has 0 aliphatic heterocycles. The highest BCUT2D eigenvalue weighted by Crippen LogP contribution is 2.34. The largest absolute Gasteiger partial charge is 0.398 e. The van der Waals surface area contributed by atoms with E-state index in [0.29, 0.717) is 30.0 Å². The Bertz CT molecular complexity index is 423. The molecule has 1 aromatic rings. The van der Waals surface area contributed by atoms with Gasteiger partial charge in [-0.3, -0.25) is 9.78 Å². The fourth-order valence-electron chi connectivity index (χ4n) is 2.31. The van der Waals surface area contributed by atoms with E-state index in [0.717, 1.165) is 12.8 Å². The summed E-state index contributed by atoms with van der Waals surface area (Å²) in [6, 6.07) is 1.59. The zero-order valence-corrected chi connectivity index (χ0v) is 10.0. The highest BCUT2D eigenvalue weighted by Gasteiger charge is 2.39. The van der Waals surface area contributed by atoms with Crippen molar-refractivity contribution in [3.05, 3.63) is 24.0 Å². The fourth-order valence-corrected chi connectivity index (χ4v) is 2.31. The van der Waals surface area contributed by atoms with Gasteiger partial charge in [-0.2, -0.15) is 0 Å². The van der Waals surface area contributed by atoms with Crippen LogP contribution in [-0.4, -0.2) is 21.5 Å². The van der Waals surface area contributed by atoms with Gasteiger partial charge in [-0.05, 0) is 37.7 Å². The van der Waals surface area contributed by atoms with E-state index in [2.05, 4.69) is 11.9 Å². The standard InChI is InChI=1S/C13H18N2O2/c1-9-2-5-13(17,6-3-9)12(16)10-8-15-7-4-11(10)14/h4,7-9,17H,2-3,5-6H2,1H3,(H2,14,15). The second-order valence-electron chi connectivity index (χ2n) is 5.01. The Morgan fingerprint density at radius 2 is 2.18 bits per heavy atom. The zero-order chi connectivity index (χ0) is 12.5. The fraction of sp³-hybridized carbons (Fsp3) is 0.538. The van der Waals surface area contributed by atoms with Crippen molar-refractivity contribution in [2.45, 2.75) is 38.2 Å². The van der Waals surface area contributed by atoms with E-state index in [1.807, 2.05) is 0 Å². The summed E-state index contributed by atoms with van der Waals surface area (Å²) in [6.07, 6.45) is 5.76. The lowest BCUT2D eigenvalue weighted by Gasteiger charge is -2.33. The molecule has 3 N–H and O–H groups in total.